The highest BCUT2D eigenvalue weighted by Crippen LogP contribution is 2.32. The molecule has 3 aromatic rings. The molecule has 1 aromatic heterocycles. The SMILES string of the molecule is Cc1ccc(OCC(=O)Nc2nc3c(C)cccc3s2)c(C(C)(C)C)c1. The monoisotopic (exact) mass is 368 g/mol. The Morgan fingerprint density at radius 1 is 1.19 bits per heavy atom. The predicted octanol–water partition coefficient (Wildman–Crippen LogP) is 5.23. The van der Waals surface area contributed by atoms with Gasteiger partial charge in [0.2, 0.25) is 0 Å². The van der Waals surface area contributed by atoms with Gasteiger partial charge in [0.1, 0.15) is 5.75 Å². The molecule has 0 spiro atoms. The van der Waals surface area contributed by atoms with E-state index in [0.29, 0.717) is 5.13 Å². The molecule has 0 bridgehead atoms. The summed E-state index contributed by atoms with van der Waals surface area (Å²) in [6, 6.07) is 12.1. The van der Waals surface area contributed by atoms with Crippen LogP contribution in [0.15, 0.2) is 36.4 Å². The Hall–Kier alpha value is -2.40. The van der Waals surface area contributed by atoms with Crippen molar-refractivity contribution in [3.05, 3.63) is 53.1 Å². The molecule has 0 unspecified atom stereocenters. The van der Waals surface area contributed by atoms with Crippen molar-refractivity contribution in [1.29, 1.82) is 0 Å². The van der Waals surface area contributed by atoms with E-state index in [0.717, 1.165) is 27.1 Å². The first-order valence-corrected chi connectivity index (χ1v) is 9.45. The number of ether oxygens (including phenoxy) is 1. The molecule has 1 heterocycles. The number of carbonyl (C=O) groups excluding carboxylic acids is 1. The van der Waals surface area contributed by atoms with Crippen LogP contribution in [0.3, 0.4) is 0 Å². The number of hydrogen-bond acceptors (Lipinski definition) is 4. The second-order valence-corrected chi connectivity index (χ2v) is 8.56. The summed E-state index contributed by atoms with van der Waals surface area (Å²) in [5, 5.41) is 3.44. The smallest absolute Gasteiger partial charge is 0.264 e. The summed E-state index contributed by atoms with van der Waals surface area (Å²) >= 11 is 1.47. The average Bonchev–Trinajstić information content (AvgIpc) is 2.96. The van der Waals surface area contributed by atoms with Gasteiger partial charge in [-0.3, -0.25) is 10.1 Å². The Balaban J connectivity index is 1.70. The number of amides is 1. The minimum Gasteiger partial charge on any atom is -0.483 e. The summed E-state index contributed by atoms with van der Waals surface area (Å²) in [4.78, 5) is 16.8. The second kappa shape index (κ2) is 7.08. The van der Waals surface area contributed by atoms with Crippen LogP contribution in [-0.2, 0) is 10.2 Å². The summed E-state index contributed by atoms with van der Waals surface area (Å²) < 4.78 is 6.88. The Bertz CT molecular complexity index is 954. The number of anilines is 1. The van der Waals surface area contributed by atoms with Gasteiger partial charge in [-0.1, -0.05) is 61.9 Å². The average molecular weight is 369 g/mol. The van der Waals surface area contributed by atoms with Crippen molar-refractivity contribution in [1.82, 2.24) is 4.98 Å². The molecule has 1 N–H and O–H groups in total. The van der Waals surface area contributed by atoms with E-state index in [2.05, 4.69) is 44.1 Å². The fraction of sp³-hybridized carbons (Fsp3) is 0.333. The molecular formula is C21H24N2O2S. The highest BCUT2D eigenvalue weighted by molar-refractivity contribution is 7.22. The molecule has 5 heteroatoms. The minimum absolute atomic E-state index is 0.0406. The van der Waals surface area contributed by atoms with Crippen LogP contribution in [-0.4, -0.2) is 17.5 Å². The number of nitrogens with zero attached hydrogens (tertiary/aromatic N) is 1. The summed E-state index contributed by atoms with van der Waals surface area (Å²) in [6.45, 7) is 10.4. The molecule has 136 valence electrons. The van der Waals surface area contributed by atoms with E-state index in [9.17, 15) is 4.79 Å². The molecule has 4 nitrogen and oxygen atoms in total. The van der Waals surface area contributed by atoms with E-state index in [4.69, 9.17) is 4.74 Å². The van der Waals surface area contributed by atoms with E-state index >= 15 is 0 Å². The van der Waals surface area contributed by atoms with Gasteiger partial charge in [-0.15, -0.1) is 0 Å². The largest absolute Gasteiger partial charge is 0.483 e. The molecule has 1 amide bonds. The van der Waals surface area contributed by atoms with Crippen molar-refractivity contribution in [2.24, 2.45) is 0 Å². The molecule has 0 aliphatic carbocycles. The van der Waals surface area contributed by atoms with Gasteiger partial charge < -0.3 is 4.74 Å². The van der Waals surface area contributed by atoms with Crippen LogP contribution in [0.4, 0.5) is 5.13 Å². The van der Waals surface area contributed by atoms with Gasteiger partial charge in [0.25, 0.3) is 5.91 Å². The number of thiazole rings is 1. The number of hydrogen-bond donors (Lipinski definition) is 1. The second-order valence-electron chi connectivity index (χ2n) is 7.53. The molecule has 0 aliphatic heterocycles. The van der Waals surface area contributed by atoms with Crippen LogP contribution < -0.4 is 10.1 Å². The Morgan fingerprint density at radius 3 is 2.65 bits per heavy atom. The summed E-state index contributed by atoms with van der Waals surface area (Å²) in [6.07, 6.45) is 0. The zero-order valence-electron chi connectivity index (χ0n) is 15.8. The molecule has 0 saturated heterocycles. The molecule has 26 heavy (non-hydrogen) atoms. The number of nitrogens with one attached hydrogen (secondary N) is 1. The summed E-state index contributed by atoms with van der Waals surface area (Å²) in [7, 11) is 0. The number of fused-ring (bicyclic) bond motifs is 1. The fourth-order valence-corrected chi connectivity index (χ4v) is 3.75. The Kier molecular flexibility index (Phi) is 5.01. The number of aryl methyl sites for hydroxylation is 2. The van der Waals surface area contributed by atoms with Crippen molar-refractivity contribution in [3.63, 3.8) is 0 Å². The lowest BCUT2D eigenvalue weighted by Crippen LogP contribution is -2.22. The van der Waals surface area contributed by atoms with Crippen LogP contribution in [0.25, 0.3) is 10.2 Å². The zero-order chi connectivity index (χ0) is 18.9. The lowest BCUT2D eigenvalue weighted by Gasteiger charge is -2.23. The lowest BCUT2D eigenvalue weighted by atomic mass is 9.85. The van der Waals surface area contributed by atoms with E-state index in [-0.39, 0.29) is 17.9 Å². The van der Waals surface area contributed by atoms with Gasteiger partial charge in [-0.05, 0) is 42.5 Å². The van der Waals surface area contributed by atoms with Crippen LogP contribution in [0.2, 0.25) is 0 Å². The summed E-state index contributed by atoms with van der Waals surface area (Å²) in [5.74, 6) is 0.542. The Labute approximate surface area is 158 Å². The van der Waals surface area contributed by atoms with Gasteiger partial charge in [-0.2, -0.15) is 0 Å². The van der Waals surface area contributed by atoms with E-state index in [1.54, 1.807) is 0 Å². The van der Waals surface area contributed by atoms with Crippen LogP contribution in [0.1, 0.15) is 37.5 Å². The van der Waals surface area contributed by atoms with Crippen LogP contribution in [0, 0.1) is 13.8 Å². The number of aromatic nitrogens is 1. The molecule has 0 radical (unpaired) electrons. The third-order valence-electron chi connectivity index (χ3n) is 4.17. The fourth-order valence-electron chi connectivity index (χ4n) is 2.79. The first kappa shape index (κ1) is 18.4. The molecule has 0 fully saturated rings. The maximum atomic E-state index is 12.3. The van der Waals surface area contributed by atoms with Crippen molar-refractivity contribution in [2.75, 3.05) is 11.9 Å². The lowest BCUT2D eigenvalue weighted by molar-refractivity contribution is -0.118. The third-order valence-corrected chi connectivity index (χ3v) is 5.10. The predicted molar refractivity (Wildman–Crippen MR) is 108 cm³/mol. The molecule has 2 aromatic carbocycles. The van der Waals surface area contributed by atoms with Crippen molar-refractivity contribution in [2.45, 2.75) is 40.0 Å². The number of rotatable bonds is 4. The van der Waals surface area contributed by atoms with Crippen molar-refractivity contribution in [3.8, 4) is 5.75 Å². The minimum atomic E-state index is -0.206. The van der Waals surface area contributed by atoms with E-state index < -0.39 is 0 Å². The van der Waals surface area contributed by atoms with Gasteiger partial charge in [0.15, 0.2) is 11.7 Å². The van der Waals surface area contributed by atoms with E-state index in [1.807, 2.05) is 37.3 Å². The van der Waals surface area contributed by atoms with Crippen LogP contribution in [0.5, 0.6) is 5.75 Å². The van der Waals surface area contributed by atoms with E-state index in [1.165, 1.54) is 16.9 Å². The zero-order valence-corrected chi connectivity index (χ0v) is 16.7. The van der Waals surface area contributed by atoms with Crippen LogP contribution >= 0.6 is 11.3 Å². The molecule has 3 rings (SSSR count). The molecule has 0 aliphatic rings. The van der Waals surface area contributed by atoms with Crippen molar-refractivity contribution >= 4 is 32.6 Å². The van der Waals surface area contributed by atoms with Gasteiger partial charge in [-0.25, -0.2) is 4.98 Å². The molecular weight excluding hydrogens is 344 g/mol. The number of para-hydroxylation sites is 1. The maximum absolute atomic E-state index is 12.3. The highest BCUT2D eigenvalue weighted by atomic mass is 32.1. The quantitative estimate of drug-likeness (QED) is 0.686. The first-order chi connectivity index (χ1) is 12.2. The van der Waals surface area contributed by atoms with Gasteiger partial charge >= 0.3 is 0 Å². The molecule has 0 saturated carbocycles. The Morgan fingerprint density at radius 2 is 1.96 bits per heavy atom. The molecule has 0 atom stereocenters. The first-order valence-electron chi connectivity index (χ1n) is 8.64. The van der Waals surface area contributed by atoms with Crippen molar-refractivity contribution < 1.29 is 9.53 Å². The summed E-state index contributed by atoms with van der Waals surface area (Å²) in [5.41, 5.74) is 4.26. The standard InChI is InChI=1S/C21H24N2O2S/c1-13-9-10-16(15(11-13)21(3,4)5)25-12-18(24)22-20-23-19-14(2)7-6-8-17(19)26-20/h6-11H,12H2,1-5H3,(H,22,23,24). The number of carbonyl (C=O) groups is 1. The van der Waals surface area contributed by atoms with Gasteiger partial charge in [0.05, 0.1) is 10.2 Å². The normalized spacial score (nSPS) is 11.6. The third kappa shape index (κ3) is 4.05. The highest BCUT2D eigenvalue weighted by Gasteiger charge is 2.20. The topological polar surface area (TPSA) is 51.2 Å². The van der Waals surface area contributed by atoms with Gasteiger partial charge in [0, 0.05) is 0 Å². The number of benzene rings is 2. The maximum Gasteiger partial charge on any atom is 0.264 e.